The number of rotatable bonds is 3. The van der Waals surface area contributed by atoms with Gasteiger partial charge in [0, 0.05) is 27.8 Å². The third kappa shape index (κ3) is 3.99. The summed E-state index contributed by atoms with van der Waals surface area (Å²) in [6.07, 6.45) is 0. The zero-order chi connectivity index (χ0) is 41.7. The second kappa shape index (κ2) is 12.2. The molecule has 0 radical (unpaired) electrons. The number of anilines is 3. The molecule has 0 amide bonds. The Bertz CT molecular complexity index is 3770. The molecule has 10 aromatic carbocycles. The van der Waals surface area contributed by atoms with E-state index in [9.17, 15) is 0 Å². The molecule has 0 saturated heterocycles. The van der Waals surface area contributed by atoms with Gasteiger partial charge in [0.05, 0.1) is 27.6 Å². The number of hydrogen-bond donors (Lipinski definition) is 0. The molecule has 3 aliphatic carbocycles. The molecular formula is C62H38N2. The molecule has 1 aliphatic heterocycles. The van der Waals surface area contributed by atoms with Crippen LogP contribution in [0, 0.1) is 0 Å². The van der Waals surface area contributed by atoms with E-state index in [4.69, 9.17) is 0 Å². The van der Waals surface area contributed by atoms with Crippen molar-refractivity contribution in [3.63, 3.8) is 0 Å². The monoisotopic (exact) mass is 810 g/mol. The van der Waals surface area contributed by atoms with Crippen LogP contribution < -0.4 is 4.90 Å². The molecule has 2 heterocycles. The van der Waals surface area contributed by atoms with E-state index >= 15 is 0 Å². The summed E-state index contributed by atoms with van der Waals surface area (Å²) in [6, 6.07) is 86.8. The molecule has 1 unspecified atom stereocenters. The van der Waals surface area contributed by atoms with Crippen LogP contribution in [0.4, 0.5) is 17.1 Å². The number of hydrogen-bond acceptors (Lipinski definition) is 1. The van der Waals surface area contributed by atoms with Gasteiger partial charge < -0.3 is 9.47 Å². The molecule has 0 bridgehead atoms. The van der Waals surface area contributed by atoms with Crippen molar-refractivity contribution >= 4 is 38.9 Å². The molecule has 2 spiro atoms. The van der Waals surface area contributed by atoms with Gasteiger partial charge in [0.1, 0.15) is 0 Å². The Morgan fingerprint density at radius 2 is 0.703 bits per heavy atom. The first-order valence-electron chi connectivity index (χ1n) is 22.4. The Labute approximate surface area is 371 Å². The lowest BCUT2D eigenvalue weighted by Gasteiger charge is -2.39. The van der Waals surface area contributed by atoms with E-state index in [0.29, 0.717) is 0 Å². The number of fused-ring (bicyclic) bond motifs is 22. The van der Waals surface area contributed by atoms with Crippen molar-refractivity contribution in [1.82, 2.24) is 4.57 Å². The van der Waals surface area contributed by atoms with Crippen molar-refractivity contribution in [1.29, 1.82) is 0 Å². The van der Waals surface area contributed by atoms with Gasteiger partial charge in [-0.1, -0.05) is 182 Å². The molecule has 296 valence electrons. The number of aromatic nitrogens is 1. The van der Waals surface area contributed by atoms with Gasteiger partial charge in [-0.25, -0.2) is 0 Å². The first kappa shape index (κ1) is 34.4. The molecule has 2 nitrogen and oxygen atoms in total. The summed E-state index contributed by atoms with van der Waals surface area (Å²) in [5, 5.41) is 2.58. The van der Waals surface area contributed by atoms with Crippen LogP contribution in [0.3, 0.4) is 0 Å². The van der Waals surface area contributed by atoms with Crippen molar-refractivity contribution in [2.24, 2.45) is 0 Å². The van der Waals surface area contributed by atoms with Gasteiger partial charge >= 0.3 is 0 Å². The van der Waals surface area contributed by atoms with Gasteiger partial charge in [0.2, 0.25) is 0 Å². The SMILES string of the molecule is c1ccc(N(c2ccc3c(c2)-c2ccccc2C32c3ccccc3-c3ccccc32)c2ccc3c(c2)-c2ccccc2C32c3ccccc3-n3c4ccccc4c4cccc2c43)cc1. The van der Waals surface area contributed by atoms with Crippen LogP contribution in [0.2, 0.25) is 0 Å². The molecule has 2 heteroatoms. The van der Waals surface area contributed by atoms with Crippen molar-refractivity contribution in [2.75, 3.05) is 4.90 Å². The second-order valence-electron chi connectivity index (χ2n) is 17.9. The Hall–Kier alpha value is -8.20. The van der Waals surface area contributed by atoms with E-state index in [0.717, 1.165) is 17.1 Å². The zero-order valence-electron chi connectivity index (χ0n) is 34.8. The van der Waals surface area contributed by atoms with Gasteiger partial charge in [0.25, 0.3) is 0 Å². The summed E-state index contributed by atoms with van der Waals surface area (Å²) in [5.41, 5.74) is 24.8. The van der Waals surface area contributed by atoms with Gasteiger partial charge in [-0.2, -0.15) is 0 Å². The van der Waals surface area contributed by atoms with Gasteiger partial charge in [-0.05, 0) is 126 Å². The third-order valence-corrected chi connectivity index (χ3v) is 15.2. The summed E-state index contributed by atoms with van der Waals surface area (Å²) >= 11 is 0. The fourth-order valence-electron chi connectivity index (χ4n) is 12.9. The Morgan fingerprint density at radius 3 is 1.30 bits per heavy atom. The highest BCUT2D eigenvalue weighted by Crippen LogP contribution is 2.64. The van der Waals surface area contributed by atoms with Gasteiger partial charge in [-0.15, -0.1) is 0 Å². The van der Waals surface area contributed by atoms with Crippen LogP contribution in [-0.2, 0) is 10.8 Å². The zero-order valence-corrected chi connectivity index (χ0v) is 34.8. The molecule has 64 heavy (non-hydrogen) atoms. The molecule has 0 fully saturated rings. The van der Waals surface area contributed by atoms with Gasteiger partial charge in [0.15, 0.2) is 0 Å². The van der Waals surface area contributed by atoms with E-state index in [-0.39, 0.29) is 5.41 Å². The topological polar surface area (TPSA) is 8.17 Å². The summed E-state index contributed by atoms with van der Waals surface area (Å²) in [5.74, 6) is 0. The van der Waals surface area contributed by atoms with Crippen molar-refractivity contribution in [3.8, 4) is 39.1 Å². The molecule has 0 saturated carbocycles. The first-order valence-corrected chi connectivity index (χ1v) is 22.4. The standard InChI is InChI=1S/C62H38N2/c1-2-17-39(18-3-1)63(40-33-35-54-48(37-40)44-21-6-11-27-52(44)61(54)50-25-9-4-19-42(50)43-20-5-10-26-51(43)61)41-34-36-55-49(38-41)45-22-7-12-28-53(45)62(55)56-29-13-15-32-59(56)64-58-31-14-8-23-46(58)47-24-16-30-57(62)60(47)64/h1-38H. The van der Waals surface area contributed by atoms with E-state index in [1.54, 1.807) is 0 Å². The number of benzene rings is 10. The maximum absolute atomic E-state index is 2.52. The third-order valence-electron chi connectivity index (χ3n) is 15.2. The maximum atomic E-state index is 2.52. The van der Waals surface area contributed by atoms with Crippen LogP contribution >= 0.6 is 0 Å². The number of nitrogens with zero attached hydrogens (tertiary/aromatic N) is 2. The molecular weight excluding hydrogens is 773 g/mol. The lowest BCUT2D eigenvalue weighted by molar-refractivity contribution is 0.748. The highest BCUT2D eigenvalue weighted by atomic mass is 15.1. The Morgan fingerprint density at radius 1 is 0.281 bits per heavy atom. The summed E-state index contributed by atoms with van der Waals surface area (Å²) in [7, 11) is 0. The fraction of sp³-hybridized carbons (Fsp3) is 0.0323. The normalized spacial score (nSPS) is 16.0. The van der Waals surface area contributed by atoms with Crippen molar-refractivity contribution < 1.29 is 0 Å². The highest BCUT2D eigenvalue weighted by molar-refractivity contribution is 6.13. The second-order valence-corrected chi connectivity index (χ2v) is 17.9. The van der Waals surface area contributed by atoms with Crippen LogP contribution in [0.15, 0.2) is 231 Å². The Balaban J connectivity index is 0.973. The largest absolute Gasteiger partial charge is 0.310 e. The van der Waals surface area contributed by atoms with E-state index in [1.807, 2.05) is 0 Å². The summed E-state index contributed by atoms with van der Waals surface area (Å²) in [6.45, 7) is 0. The molecule has 1 aromatic heterocycles. The average molecular weight is 811 g/mol. The highest BCUT2D eigenvalue weighted by Gasteiger charge is 2.53. The molecule has 11 aromatic rings. The van der Waals surface area contributed by atoms with Crippen molar-refractivity contribution in [3.05, 3.63) is 275 Å². The van der Waals surface area contributed by atoms with Crippen LogP contribution in [0.1, 0.15) is 44.5 Å². The predicted molar refractivity (Wildman–Crippen MR) is 263 cm³/mol. The molecule has 1 atom stereocenters. The molecule has 0 N–H and O–H groups in total. The van der Waals surface area contributed by atoms with Gasteiger partial charge in [-0.3, -0.25) is 0 Å². The van der Waals surface area contributed by atoms with E-state index < -0.39 is 5.41 Å². The fourth-order valence-corrected chi connectivity index (χ4v) is 12.9. The van der Waals surface area contributed by atoms with Crippen LogP contribution in [-0.4, -0.2) is 4.57 Å². The lowest BCUT2D eigenvalue weighted by atomic mass is 9.65. The Kier molecular flexibility index (Phi) is 6.58. The maximum Gasteiger partial charge on any atom is 0.0754 e. The smallest absolute Gasteiger partial charge is 0.0754 e. The van der Waals surface area contributed by atoms with Crippen LogP contribution in [0.5, 0.6) is 0 Å². The van der Waals surface area contributed by atoms with E-state index in [1.165, 1.54) is 105 Å². The van der Waals surface area contributed by atoms with Crippen molar-refractivity contribution in [2.45, 2.75) is 10.8 Å². The lowest BCUT2D eigenvalue weighted by Crippen LogP contribution is -2.33. The minimum Gasteiger partial charge on any atom is -0.310 e. The average Bonchev–Trinajstić information content (AvgIpc) is 4.05. The summed E-state index contributed by atoms with van der Waals surface area (Å²) in [4.78, 5) is 2.46. The molecule has 15 rings (SSSR count). The minimum absolute atomic E-state index is 0.383. The molecule has 4 aliphatic rings. The summed E-state index contributed by atoms with van der Waals surface area (Å²) < 4.78 is 2.52. The predicted octanol–water partition coefficient (Wildman–Crippen LogP) is 15.3. The quantitative estimate of drug-likeness (QED) is 0.173. The minimum atomic E-state index is -0.498. The van der Waals surface area contributed by atoms with E-state index in [2.05, 4.69) is 240 Å². The van der Waals surface area contributed by atoms with Crippen LogP contribution in [0.25, 0.3) is 60.9 Å². The first-order chi connectivity index (χ1) is 31.8. The number of para-hydroxylation sites is 4.